The van der Waals surface area contributed by atoms with Crippen molar-refractivity contribution in [2.75, 3.05) is 18.1 Å². The number of para-hydroxylation sites is 2. The molecule has 0 spiro atoms. The molecule has 1 aliphatic rings. The lowest BCUT2D eigenvalue weighted by molar-refractivity contribution is -0.137. The highest BCUT2D eigenvalue weighted by atomic mass is 19.4. The van der Waals surface area contributed by atoms with Gasteiger partial charge in [0.15, 0.2) is 12.7 Å². The number of benzene rings is 2. The summed E-state index contributed by atoms with van der Waals surface area (Å²) in [6.45, 7) is 3.54. The number of carbonyl (C=O) groups is 2. The first-order valence-electron chi connectivity index (χ1n) is 10.4. The smallest absolute Gasteiger partial charge is 0.416 e. The first kappa shape index (κ1) is 23.4. The quantitative estimate of drug-likeness (QED) is 0.687. The van der Waals surface area contributed by atoms with Gasteiger partial charge in [0.2, 0.25) is 0 Å². The number of amides is 2. The van der Waals surface area contributed by atoms with Gasteiger partial charge in [0, 0.05) is 6.04 Å². The molecule has 1 heterocycles. The van der Waals surface area contributed by atoms with Crippen LogP contribution in [0.25, 0.3) is 0 Å². The third kappa shape index (κ3) is 5.52. The number of carbonyl (C=O) groups excluding carboxylic acids is 2. The number of rotatable bonds is 7. The van der Waals surface area contributed by atoms with E-state index in [2.05, 4.69) is 5.32 Å². The van der Waals surface area contributed by atoms with E-state index in [-0.39, 0.29) is 24.2 Å². The largest absolute Gasteiger partial charge is 0.484 e. The standard InChI is InChI=1S/C23H25F3N2O4/c1-3-16(4-2)27-22(30)20-13-28(18-7-5-6-8-19(18)32-20)21(29)14-31-17-11-9-15(10-12-17)23(24,25)26/h5-12,16,20H,3-4,13-14H2,1-2H3,(H,27,30). The predicted octanol–water partition coefficient (Wildman–Crippen LogP) is 4.18. The Balaban J connectivity index is 1.70. The molecule has 2 aromatic rings. The van der Waals surface area contributed by atoms with Gasteiger partial charge in [0.05, 0.1) is 17.8 Å². The molecule has 0 radical (unpaired) electrons. The maximum atomic E-state index is 12.9. The first-order valence-corrected chi connectivity index (χ1v) is 10.4. The highest BCUT2D eigenvalue weighted by molar-refractivity contribution is 5.98. The van der Waals surface area contributed by atoms with Gasteiger partial charge in [-0.25, -0.2) is 0 Å². The third-order valence-corrected chi connectivity index (χ3v) is 5.24. The van der Waals surface area contributed by atoms with Gasteiger partial charge in [0.25, 0.3) is 11.8 Å². The summed E-state index contributed by atoms with van der Waals surface area (Å²) in [5, 5.41) is 2.93. The Morgan fingerprint density at radius 3 is 2.41 bits per heavy atom. The van der Waals surface area contributed by atoms with Crippen molar-refractivity contribution in [2.45, 2.75) is 45.0 Å². The fourth-order valence-electron chi connectivity index (χ4n) is 3.36. The summed E-state index contributed by atoms with van der Waals surface area (Å²) in [7, 11) is 0. The number of ether oxygens (including phenoxy) is 2. The van der Waals surface area contributed by atoms with E-state index in [1.165, 1.54) is 4.90 Å². The molecule has 2 aromatic carbocycles. The summed E-state index contributed by atoms with van der Waals surface area (Å²) in [4.78, 5) is 27.0. The van der Waals surface area contributed by atoms with Crippen molar-refractivity contribution in [1.29, 1.82) is 0 Å². The Hall–Kier alpha value is -3.23. The number of nitrogens with zero attached hydrogens (tertiary/aromatic N) is 1. The Labute approximate surface area is 184 Å². The zero-order valence-electron chi connectivity index (χ0n) is 17.8. The molecule has 0 saturated heterocycles. The number of halogens is 3. The van der Waals surface area contributed by atoms with Crippen LogP contribution < -0.4 is 19.7 Å². The second-order valence-corrected chi connectivity index (χ2v) is 7.41. The van der Waals surface area contributed by atoms with E-state index in [9.17, 15) is 22.8 Å². The van der Waals surface area contributed by atoms with Crippen LogP contribution in [-0.2, 0) is 15.8 Å². The van der Waals surface area contributed by atoms with E-state index in [0.717, 1.165) is 37.1 Å². The van der Waals surface area contributed by atoms with Crippen LogP contribution in [-0.4, -0.2) is 37.1 Å². The van der Waals surface area contributed by atoms with Crippen molar-refractivity contribution < 1.29 is 32.2 Å². The van der Waals surface area contributed by atoms with Crippen molar-refractivity contribution in [3.05, 3.63) is 54.1 Å². The minimum Gasteiger partial charge on any atom is -0.484 e. The SMILES string of the molecule is CCC(CC)NC(=O)C1CN(C(=O)COc2ccc(C(F)(F)F)cc2)c2ccccc2O1. The van der Waals surface area contributed by atoms with E-state index >= 15 is 0 Å². The van der Waals surface area contributed by atoms with Crippen molar-refractivity contribution in [3.63, 3.8) is 0 Å². The van der Waals surface area contributed by atoms with Gasteiger partial charge in [-0.3, -0.25) is 9.59 Å². The molecular weight excluding hydrogens is 425 g/mol. The maximum absolute atomic E-state index is 12.9. The van der Waals surface area contributed by atoms with Crippen LogP contribution in [0.5, 0.6) is 11.5 Å². The Bertz CT molecular complexity index is 943. The molecule has 1 N–H and O–H groups in total. The molecule has 0 bridgehead atoms. The highest BCUT2D eigenvalue weighted by Crippen LogP contribution is 2.34. The van der Waals surface area contributed by atoms with E-state index in [1.807, 2.05) is 13.8 Å². The molecule has 0 aromatic heterocycles. The molecule has 0 saturated carbocycles. The van der Waals surface area contributed by atoms with Crippen LogP contribution in [0, 0.1) is 0 Å². The van der Waals surface area contributed by atoms with Crippen LogP contribution in [0.15, 0.2) is 48.5 Å². The Morgan fingerprint density at radius 2 is 1.78 bits per heavy atom. The summed E-state index contributed by atoms with van der Waals surface area (Å²) in [5.41, 5.74) is -0.301. The molecular formula is C23H25F3N2O4. The maximum Gasteiger partial charge on any atom is 0.416 e. The van der Waals surface area contributed by atoms with Crippen molar-refractivity contribution >= 4 is 17.5 Å². The predicted molar refractivity (Wildman–Crippen MR) is 113 cm³/mol. The molecule has 1 aliphatic heterocycles. The van der Waals surface area contributed by atoms with Crippen LogP contribution in [0.3, 0.4) is 0 Å². The normalized spacial score (nSPS) is 15.7. The second kappa shape index (κ2) is 9.93. The zero-order chi connectivity index (χ0) is 23.3. The van der Waals surface area contributed by atoms with Crippen molar-refractivity contribution in [2.24, 2.45) is 0 Å². The summed E-state index contributed by atoms with van der Waals surface area (Å²) in [5.74, 6) is -0.224. The average molecular weight is 450 g/mol. The molecule has 32 heavy (non-hydrogen) atoms. The van der Waals surface area contributed by atoms with E-state index < -0.39 is 30.4 Å². The van der Waals surface area contributed by atoms with E-state index in [1.54, 1.807) is 24.3 Å². The summed E-state index contributed by atoms with van der Waals surface area (Å²) < 4.78 is 49.3. The molecule has 9 heteroatoms. The third-order valence-electron chi connectivity index (χ3n) is 5.24. The lowest BCUT2D eigenvalue weighted by Gasteiger charge is -2.34. The highest BCUT2D eigenvalue weighted by Gasteiger charge is 2.34. The van der Waals surface area contributed by atoms with Gasteiger partial charge >= 0.3 is 6.18 Å². The summed E-state index contributed by atoms with van der Waals surface area (Å²) in [6.07, 6.45) is -3.79. The molecule has 0 aliphatic carbocycles. The number of alkyl halides is 3. The van der Waals surface area contributed by atoms with Crippen molar-refractivity contribution in [3.8, 4) is 11.5 Å². The van der Waals surface area contributed by atoms with Gasteiger partial charge in [-0.2, -0.15) is 13.2 Å². The van der Waals surface area contributed by atoms with Crippen LogP contribution in [0.2, 0.25) is 0 Å². The van der Waals surface area contributed by atoms with Crippen molar-refractivity contribution in [1.82, 2.24) is 5.32 Å². The van der Waals surface area contributed by atoms with Gasteiger partial charge in [-0.05, 0) is 49.2 Å². The summed E-state index contributed by atoms with van der Waals surface area (Å²) in [6, 6.07) is 11.0. The lowest BCUT2D eigenvalue weighted by atomic mass is 10.1. The zero-order valence-corrected chi connectivity index (χ0v) is 17.8. The lowest BCUT2D eigenvalue weighted by Crippen LogP contribution is -2.53. The second-order valence-electron chi connectivity index (χ2n) is 7.41. The molecule has 2 amide bonds. The minimum absolute atomic E-state index is 0.00179. The van der Waals surface area contributed by atoms with Crippen LogP contribution >= 0.6 is 0 Å². The van der Waals surface area contributed by atoms with Crippen LogP contribution in [0.1, 0.15) is 32.3 Å². The number of hydrogen-bond acceptors (Lipinski definition) is 4. The topological polar surface area (TPSA) is 67.9 Å². The Kier molecular flexibility index (Phi) is 7.27. The van der Waals surface area contributed by atoms with Gasteiger partial charge in [0.1, 0.15) is 11.5 Å². The van der Waals surface area contributed by atoms with Gasteiger partial charge < -0.3 is 19.7 Å². The number of hydrogen-bond donors (Lipinski definition) is 1. The number of fused-ring (bicyclic) bond motifs is 1. The molecule has 3 rings (SSSR count). The molecule has 1 unspecified atom stereocenters. The fraction of sp³-hybridized carbons (Fsp3) is 0.391. The van der Waals surface area contributed by atoms with Gasteiger partial charge in [-0.1, -0.05) is 26.0 Å². The molecule has 0 fully saturated rings. The summed E-state index contributed by atoms with van der Waals surface area (Å²) >= 11 is 0. The monoisotopic (exact) mass is 450 g/mol. The first-order chi connectivity index (χ1) is 15.2. The van der Waals surface area contributed by atoms with E-state index in [0.29, 0.717) is 11.4 Å². The Morgan fingerprint density at radius 1 is 1.12 bits per heavy atom. The number of anilines is 1. The minimum atomic E-state index is -4.45. The van der Waals surface area contributed by atoms with Gasteiger partial charge in [-0.15, -0.1) is 0 Å². The molecule has 6 nitrogen and oxygen atoms in total. The van der Waals surface area contributed by atoms with Crippen LogP contribution in [0.4, 0.5) is 18.9 Å². The average Bonchev–Trinajstić information content (AvgIpc) is 2.79. The number of nitrogens with one attached hydrogen (secondary N) is 1. The fourth-order valence-corrected chi connectivity index (χ4v) is 3.36. The molecule has 1 atom stereocenters. The van der Waals surface area contributed by atoms with E-state index in [4.69, 9.17) is 9.47 Å². The molecule has 172 valence electrons.